The van der Waals surface area contributed by atoms with Crippen LogP contribution >= 0.6 is 0 Å². The molecule has 0 spiro atoms. The van der Waals surface area contributed by atoms with Gasteiger partial charge in [0.05, 0.1) is 5.60 Å². The molecule has 0 bridgehead atoms. The van der Waals surface area contributed by atoms with E-state index in [0.29, 0.717) is 6.04 Å². The van der Waals surface area contributed by atoms with E-state index in [0.717, 1.165) is 62.2 Å². The van der Waals surface area contributed by atoms with Crippen molar-refractivity contribution in [3.63, 3.8) is 0 Å². The van der Waals surface area contributed by atoms with E-state index in [1.807, 2.05) is 33.1 Å². The fraction of sp³-hybridized carbons (Fsp3) is 0.550. The number of hydrogen-bond acceptors (Lipinski definition) is 4. The third kappa shape index (κ3) is 9.76. The molecule has 242 valence electrons. The topological polar surface area (TPSA) is 51.2 Å². The van der Waals surface area contributed by atoms with E-state index in [4.69, 9.17) is 9.72 Å². The molecule has 4 aliphatic carbocycles. The van der Waals surface area contributed by atoms with Gasteiger partial charge in [0.1, 0.15) is 6.29 Å². The Kier molecular flexibility index (Phi) is 13.0. The van der Waals surface area contributed by atoms with Crippen molar-refractivity contribution in [3.8, 4) is 0 Å². The molecule has 1 unspecified atom stereocenters. The fourth-order valence-electron chi connectivity index (χ4n) is 6.88. The summed E-state index contributed by atoms with van der Waals surface area (Å²) in [5, 5.41) is 3.36. The minimum Gasteiger partial charge on any atom is -0.385 e. The Labute approximate surface area is 270 Å². The first kappa shape index (κ1) is 33.9. The van der Waals surface area contributed by atoms with Crippen LogP contribution in [0.2, 0.25) is 0 Å². The molecule has 0 saturated heterocycles. The lowest BCUT2D eigenvalue weighted by Gasteiger charge is -2.26. The van der Waals surface area contributed by atoms with Crippen LogP contribution in [0.15, 0.2) is 77.2 Å². The van der Waals surface area contributed by atoms with E-state index in [1.54, 1.807) is 0 Å². The predicted molar refractivity (Wildman–Crippen MR) is 190 cm³/mol. The molecule has 2 saturated carbocycles. The Morgan fingerprint density at radius 3 is 2.52 bits per heavy atom. The van der Waals surface area contributed by atoms with Crippen LogP contribution in [0, 0.1) is 11.8 Å². The number of fused-ring (bicyclic) bond motifs is 1. The molecule has 1 atom stereocenters. The predicted octanol–water partition coefficient (Wildman–Crippen LogP) is 10.1. The second-order valence-corrected chi connectivity index (χ2v) is 13.2. The fourth-order valence-corrected chi connectivity index (χ4v) is 6.88. The highest BCUT2D eigenvalue weighted by molar-refractivity contribution is 5.78. The number of methoxy groups -OCH3 is 1. The Bertz CT molecular complexity index is 1290. The minimum absolute atomic E-state index is 0. The smallest absolute Gasteiger partial charge is 0.150 e. The molecule has 1 N–H and O–H groups in total. The summed E-state index contributed by atoms with van der Waals surface area (Å²) in [5.74, 6) is 1.80. The number of pyridine rings is 1. The maximum atomic E-state index is 10.7. The number of aldehydes is 1. The lowest BCUT2D eigenvalue weighted by Crippen LogP contribution is -2.18. The highest BCUT2D eigenvalue weighted by atomic mass is 16.5. The number of carbonyl (C=O) groups excluding carboxylic acids is 1. The van der Waals surface area contributed by atoms with Crippen molar-refractivity contribution in [1.29, 1.82) is 0 Å². The van der Waals surface area contributed by atoms with E-state index in [-0.39, 0.29) is 8.45 Å². The van der Waals surface area contributed by atoms with Crippen molar-refractivity contribution in [3.05, 3.63) is 94.0 Å². The molecule has 2 fully saturated rings. The summed E-state index contributed by atoms with van der Waals surface area (Å²) >= 11 is 0. The minimum atomic E-state index is 0. The van der Waals surface area contributed by atoms with Gasteiger partial charge in [0, 0.05) is 33.5 Å². The molecule has 1 aromatic rings. The number of aryl methyl sites for hydroxylation is 2. The maximum absolute atomic E-state index is 10.7. The van der Waals surface area contributed by atoms with E-state index in [9.17, 15) is 4.79 Å². The number of carbonyl (C=O) groups is 1. The van der Waals surface area contributed by atoms with Crippen LogP contribution in [-0.2, 0) is 22.4 Å². The Morgan fingerprint density at radius 1 is 1.02 bits per heavy atom. The van der Waals surface area contributed by atoms with Gasteiger partial charge in [-0.1, -0.05) is 87.3 Å². The monoisotopic (exact) mass is 600 g/mol. The third-order valence-corrected chi connectivity index (χ3v) is 9.80. The molecule has 0 aromatic carbocycles. The SMILES string of the molecule is CC.CC1CCC(CC2=CC=C(C=O)C=CC2)CC1.COC1(C2=Cc3cc(CCC4=CC(C)NC=CC4)cnc3CC2)CC1.[HH].[HH]. The van der Waals surface area contributed by atoms with Gasteiger partial charge in [-0.25, -0.2) is 0 Å². The summed E-state index contributed by atoms with van der Waals surface area (Å²) in [6.07, 6.45) is 35.7. The van der Waals surface area contributed by atoms with Crippen LogP contribution in [0.5, 0.6) is 0 Å². The molecule has 6 rings (SSSR count). The summed E-state index contributed by atoms with van der Waals surface area (Å²) in [7, 11) is 1.85. The van der Waals surface area contributed by atoms with Crippen molar-refractivity contribution < 1.29 is 12.4 Å². The highest BCUT2D eigenvalue weighted by Gasteiger charge is 2.46. The van der Waals surface area contributed by atoms with Crippen molar-refractivity contribution in [1.82, 2.24) is 10.3 Å². The van der Waals surface area contributed by atoms with Gasteiger partial charge in [-0.2, -0.15) is 0 Å². The molecule has 2 heterocycles. The van der Waals surface area contributed by atoms with E-state index in [1.165, 1.54) is 78.5 Å². The number of ether oxygens (including phenoxy) is 1. The van der Waals surface area contributed by atoms with Crippen LogP contribution < -0.4 is 5.32 Å². The van der Waals surface area contributed by atoms with E-state index < -0.39 is 0 Å². The number of hydrogen-bond donors (Lipinski definition) is 1. The summed E-state index contributed by atoms with van der Waals surface area (Å²) in [5.41, 5.74) is 9.20. The number of nitrogens with one attached hydrogen (secondary N) is 1. The van der Waals surface area contributed by atoms with Gasteiger partial charge >= 0.3 is 0 Å². The highest BCUT2D eigenvalue weighted by Crippen LogP contribution is 2.48. The van der Waals surface area contributed by atoms with E-state index >= 15 is 0 Å². The molecular weight excluding hydrogens is 540 g/mol. The first-order valence-electron chi connectivity index (χ1n) is 17.3. The average molecular weight is 601 g/mol. The molecule has 4 heteroatoms. The van der Waals surface area contributed by atoms with Gasteiger partial charge < -0.3 is 10.1 Å². The molecular formula is C40H60N2O2. The lowest BCUT2D eigenvalue weighted by molar-refractivity contribution is -0.104. The van der Waals surface area contributed by atoms with Crippen LogP contribution in [0.1, 0.15) is 118 Å². The molecule has 4 nitrogen and oxygen atoms in total. The zero-order chi connectivity index (χ0) is 31.4. The maximum Gasteiger partial charge on any atom is 0.150 e. The molecule has 1 aromatic heterocycles. The zero-order valence-corrected chi connectivity index (χ0v) is 28.0. The first-order valence-corrected chi connectivity index (χ1v) is 17.3. The van der Waals surface area contributed by atoms with Gasteiger partial charge in [0.25, 0.3) is 0 Å². The average Bonchev–Trinajstić information content (AvgIpc) is 3.90. The Morgan fingerprint density at radius 2 is 1.80 bits per heavy atom. The number of allylic oxidation sites excluding steroid dienone is 8. The van der Waals surface area contributed by atoms with Crippen molar-refractivity contribution in [2.45, 2.75) is 123 Å². The Hall–Kier alpha value is -2.98. The second-order valence-electron chi connectivity index (χ2n) is 13.2. The summed E-state index contributed by atoms with van der Waals surface area (Å²) in [4.78, 5) is 15.4. The normalized spacial score (nSPS) is 25.0. The second kappa shape index (κ2) is 16.9. The molecule has 44 heavy (non-hydrogen) atoms. The van der Waals surface area contributed by atoms with Gasteiger partial charge in [-0.3, -0.25) is 9.78 Å². The van der Waals surface area contributed by atoms with E-state index in [2.05, 4.69) is 68.0 Å². The van der Waals surface area contributed by atoms with Crippen molar-refractivity contribution >= 4 is 12.4 Å². The third-order valence-electron chi connectivity index (χ3n) is 9.80. The largest absolute Gasteiger partial charge is 0.385 e. The number of nitrogens with zero attached hydrogens (tertiary/aromatic N) is 1. The van der Waals surface area contributed by atoms with Gasteiger partial charge in [-0.15, -0.1) is 0 Å². The first-order chi connectivity index (χ1) is 21.5. The van der Waals surface area contributed by atoms with Gasteiger partial charge in [0.2, 0.25) is 0 Å². The van der Waals surface area contributed by atoms with Crippen LogP contribution in [0.25, 0.3) is 6.08 Å². The standard InChI is InChI=1S/C22H28N2O.C16H22O.C2H6.2H2/c1-16-12-17(4-3-11-23-16)5-6-18-13-19-14-20(22(25-2)9-10-22)7-8-21(19)24-15-18;1-13-5-7-15(8-6-13)11-14-3-2-4-16(12-17)10-9-14;1-2;;/h3,11-16,23H,4-10H2,1-2H3;2,4,9-10,12-13,15H,3,5-8,11H2,1H3;1-2H3;2*1H. The molecule has 0 amide bonds. The van der Waals surface area contributed by atoms with Crippen LogP contribution in [0.3, 0.4) is 0 Å². The number of aromatic nitrogens is 1. The van der Waals surface area contributed by atoms with Gasteiger partial charge in [-0.05, 0) is 118 Å². The molecule has 5 aliphatic rings. The number of rotatable bonds is 8. The van der Waals surface area contributed by atoms with Crippen LogP contribution in [0.4, 0.5) is 0 Å². The van der Waals surface area contributed by atoms with Crippen LogP contribution in [-0.4, -0.2) is 30.0 Å². The molecule has 1 aliphatic heterocycles. The zero-order valence-electron chi connectivity index (χ0n) is 28.0. The lowest BCUT2D eigenvalue weighted by atomic mass is 9.79. The Balaban J connectivity index is 0.000000310. The summed E-state index contributed by atoms with van der Waals surface area (Å²) in [6.45, 7) is 8.56. The van der Waals surface area contributed by atoms with Crippen molar-refractivity contribution in [2.24, 2.45) is 11.8 Å². The quantitative estimate of drug-likeness (QED) is 0.238. The summed E-state index contributed by atoms with van der Waals surface area (Å²) in [6, 6.07) is 2.77. The summed E-state index contributed by atoms with van der Waals surface area (Å²) < 4.78 is 5.77. The molecule has 0 radical (unpaired) electrons. The van der Waals surface area contributed by atoms with Crippen molar-refractivity contribution in [2.75, 3.05) is 7.11 Å². The van der Waals surface area contributed by atoms with Gasteiger partial charge in [0.15, 0.2) is 0 Å².